The molecule has 39 heavy (non-hydrogen) atoms. The first kappa shape index (κ1) is 27.1. The predicted octanol–water partition coefficient (Wildman–Crippen LogP) is 5.35. The molecular formula is C30H34F3N5O. The number of likely N-dealkylation sites (tertiary alicyclic amines) is 1. The first-order chi connectivity index (χ1) is 18.8. The maximum absolute atomic E-state index is 13.0. The second-order valence-electron chi connectivity index (χ2n) is 10.6. The molecule has 4 heterocycles. The number of amides is 1. The van der Waals surface area contributed by atoms with Crippen LogP contribution in [0.2, 0.25) is 0 Å². The van der Waals surface area contributed by atoms with E-state index >= 15 is 0 Å². The summed E-state index contributed by atoms with van der Waals surface area (Å²) >= 11 is 0. The molecule has 0 radical (unpaired) electrons. The number of nitrogens with one attached hydrogen (secondary N) is 1. The third-order valence-electron chi connectivity index (χ3n) is 7.81. The Kier molecular flexibility index (Phi) is 8.45. The summed E-state index contributed by atoms with van der Waals surface area (Å²) in [7, 11) is 0. The lowest BCUT2D eigenvalue weighted by atomic mass is 9.90. The molecule has 2 fully saturated rings. The van der Waals surface area contributed by atoms with Crippen molar-refractivity contribution in [3.8, 4) is 0 Å². The van der Waals surface area contributed by atoms with Crippen LogP contribution < -0.4 is 10.2 Å². The van der Waals surface area contributed by atoms with Crippen LogP contribution in [-0.2, 0) is 19.1 Å². The summed E-state index contributed by atoms with van der Waals surface area (Å²) < 4.78 is 38.6. The number of alkyl halides is 3. The van der Waals surface area contributed by atoms with Gasteiger partial charge in [-0.05, 0) is 85.5 Å². The molecule has 0 spiro atoms. The van der Waals surface area contributed by atoms with Crippen molar-refractivity contribution in [3.05, 3.63) is 89.5 Å². The maximum atomic E-state index is 13.0. The van der Waals surface area contributed by atoms with Crippen molar-refractivity contribution in [2.24, 2.45) is 5.92 Å². The summed E-state index contributed by atoms with van der Waals surface area (Å²) in [5.41, 5.74) is 3.04. The summed E-state index contributed by atoms with van der Waals surface area (Å²) in [5, 5.41) is 3.19. The van der Waals surface area contributed by atoms with Gasteiger partial charge in [0.25, 0.3) is 5.91 Å². The third kappa shape index (κ3) is 7.35. The summed E-state index contributed by atoms with van der Waals surface area (Å²) in [5.74, 6) is 0.368. The Bertz CT molecular complexity index is 1220. The summed E-state index contributed by atoms with van der Waals surface area (Å²) in [6.07, 6.45) is 7.36. The first-order valence-corrected chi connectivity index (χ1v) is 13.6. The van der Waals surface area contributed by atoms with E-state index in [1.807, 2.05) is 24.5 Å². The number of halogens is 3. The molecule has 2 aliphatic heterocycles. The molecule has 1 aromatic carbocycles. The van der Waals surface area contributed by atoms with Crippen LogP contribution in [0.15, 0.2) is 67.3 Å². The van der Waals surface area contributed by atoms with Crippen LogP contribution in [0.25, 0.3) is 0 Å². The Morgan fingerprint density at radius 2 is 1.62 bits per heavy atom. The first-order valence-electron chi connectivity index (χ1n) is 13.6. The Hall–Kier alpha value is -3.46. The number of rotatable bonds is 7. The molecule has 2 saturated heterocycles. The summed E-state index contributed by atoms with van der Waals surface area (Å²) in [4.78, 5) is 26.0. The maximum Gasteiger partial charge on any atom is 0.416 e. The molecule has 5 rings (SSSR count). The number of aromatic nitrogens is 2. The van der Waals surface area contributed by atoms with Gasteiger partial charge in [0.05, 0.1) is 11.1 Å². The van der Waals surface area contributed by atoms with Crippen LogP contribution in [0.5, 0.6) is 0 Å². The van der Waals surface area contributed by atoms with Crippen LogP contribution in [0, 0.1) is 5.92 Å². The van der Waals surface area contributed by atoms with Crippen molar-refractivity contribution >= 4 is 11.6 Å². The zero-order valence-corrected chi connectivity index (χ0v) is 21.9. The van der Waals surface area contributed by atoms with Crippen molar-refractivity contribution in [1.82, 2.24) is 20.2 Å². The summed E-state index contributed by atoms with van der Waals surface area (Å²) in [6.45, 7) is 4.34. The lowest BCUT2D eigenvalue weighted by molar-refractivity contribution is -0.137. The number of piperidine rings is 2. The lowest BCUT2D eigenvalue weighted by Crippen LogP contribution is -2.44. The molecule has 1 amide bonds. The normalized spacial score (nSPS) is 17.8. The van der Waals surface area contributed by atoms with Crippen LogP contribution in [0.1, 0.15) is 52.7 Å². The molecular weight excluding hydrogens is 503 g/mol. The van der Waals surface area contributed by atoms with Gasteiger partial charge >= 0.3 is 6.18 Å². The van der Waals surface area contributed by atoms with E-state index in [-0.39, 0.29) is 11.9 Å². The van der Waals surface area contributed by atoms with E-state index < -0.39 is 11.7 Å². The second kappa shape index (κ2) is 12.2. The van der Waals surface area contributed by atoms with Gasteiger partial charge in [0.15, 0.2) is 0 Å². The number of hydrogen-bond acceptors (Lipinski definition) is 5. The Morgan fingerprint density at radius 1 is 0.897 bits per heavy atom. The number of anilines is 1. The number of pyridine rings is 2. The molecule has 3 aromatic rings. The van der Waals surface area contributed by atoms with Crippen LogP contribution in [0.3, 0.4) is 0 Å². The minimum atomic E-state index is -4.32. The fourth-order valence-corrected chi connectivity index (χ4v) is 5.57. The van der Waals surface area contributed by atoms with Crippen molar-refractivity contribution in [2.45, 2.75) is 50.9 Å². The average Bonchev–Trinajstić information content (AvgIpc) is 2.95. The number of carbonyl (C=O) groups excluding carboxylic acids is 1. The number of benzene rings is 1. The highest BCUT2D eigenvalue weighted by Gasteiger charge is 2.30. The molecule has 6 nitrogen and oxygen atoms in total. The van der Waals surface area contributed by atoms with Gasteiger partial charge in [-0.3, -0.25) is 19.7 Å². The Labute approximate surface area is 227 Å². The minimum absolute atomic E-state index is 0.0767. The monoisotopic (exact) mass is 537 g/mol. The van der Waals surface area contributed by atoms with Gasteiger partial charge < -0.3 is 10.2 Å². The van der Waals surface area contributed by atoms with Crippen LogP contribution in [-0.4, -0.2) is 53.0 Å². The zero-order valence-electron chi connectivity index (χ0n) is 21.9. The van der Waals surface area contributed by atoms with Gasteiger partial charge in [0.1, 0.15) is 0 Å². The fraction of sp³-hybridized carbons (Fsp3) is 0.433. The Balaban J connectivity index is 1.08. The molecule has 2 aliphatic rings. The van der Waals surface area contributed by atoms with E-state index in [9.17, 15) is 18.0 Å². The van der Waals surface area contributed by atoms with E-state index in [0.717, 1.165) is 88.2 Å². The molecule has 9 heteroatoms. The van der Waals surface area contributed by atoms with Crippen molar-refractivity contribution in [3.63, 3.8) is 0 Å². The number of hydrogen-bond donors (Lipinski definition) is 1. The predicted molar refractivity (Wildman–Crippen MR) is 144 cm³/mol. The quantitative estimate of drug-likeness (QED) is 0.441. The van der Waals surface area contributed by atoms with Crippen molar-refractivity contribution in [2.75, 3.05) is 31.1 Å². The van der Waals surface area contributed by atoms with Crippen LogP contribution in [0.4, 0.5) is 18.9 Å². The van der Waals surface area contributed by atoms with E-state index in [1.165, 1.54) is 5.56 Å². The number of carbonyl (C=O) groups is 1. The minimum Gasteiger partial charge on any atom is -0.372 e. The molecule has 0 aliphatic carbocycles. The lowest BCUT2D eigenvalue weighted by Gasteiger charge is -2.34. The Morgan fingerprint density at radius 3 is 2.28 bits per heavy atom. The molecule has 1 N–H and O–H groups in total. The van der Waals surface area contributed by atoms with Crippen molar-refractivity contribution < 1.29 is 18.0 Å². The van der Waals surface area contributed by atoms with Gasteiger partial charge in [-0.25, -0.2) is 0 Å². The van der Waals surface area contributed by atoms with Crippen molar-refractivity contribution in [1.29, 1.82) is 0 Å². The molecule has 0 unspecified atom stereocenters. The molecule has 206 valence electrons. The number of nitrogens with zero attached hydrogens (tertiary/aromatic N) is 4. The molecule has 0 atom stereocenters. The van der Waals surface area contributed by atoms with Gasteiger partial charge in [0.2, 0.25) is 0 Å². The van der Waals surface area contributed by atoms with Crippen LogP contribution >= 0.6 is 0 Å². The highest BCUT2D eigenvalue weighted by Crippen LogP contribution is 2.32. The summed E-state index contributed by atoms with van der Waals surface area (Å²) in [6, 6.07) is 11.5. The van der Waals surface area contributed by atoms with Gasteiger partial charge in [0, 0.05) is 69.2 Å². The molecule has 0 bridgehead atoms. The van der Waals surface area contributed by atoms with Gasteiger partial charge in [-0.15, -0.1) is 0 Å². The van der Waals surface area contributed by atoms with E-state index in [2.05, 4.69) is 31.2 Å². The van der Waals surface area contributed by atoms with E-state index in [4.69, 9.17) is 0 Å². The average molecular weight is 538 g/mol. The standard InChI is InChI=1S/C30H34F3N5O/c31-30(32,33)26-3-5-28(6-4-26)38-14-7-22(8-15-38)16-24-17-25(20-35-19-24)29(39)36-27-9-12-37(13-10-27)21-23-2-1-11-34-18-23/h1-6,11,17-20,22,27H,7-10,12-16,21H2,(H,36,39). The second-order valence-corrected chi connectivity index (χ2v) is 10.6. The highest BCUT2D eigenvalue weighted by atomic mass is 19.4. The third-order valence-corrected chi connectivity index (χ3v) is 7.81. The largest absolute Gasteiger partial charge is 0.416 e. The molecule has 2 aromatic heterocycles. The molecule has 0 saturated carbocycles. The van der Waals surface area contributed by atoms with Gasteiger partial charge in [-0.2, -0.15) is 13.2 Å². The SMILES string of the molecule is O=C(NC1CCN(Cc2cccnc2)CC1)c1cncc(CC2CCN(c3ccc(C(F)(F)F)cc3)CC2)c1. The topological polar surface area (TPSA) is 61.4 Å². The zero-order chi connectivity index (χ0) is 27.2. The van der Waals surface area contributed by atoms with E-state index in [1.54, 1.807) is 24.5 Å². The smallest absolute Gasteiger partial charge is 0.372 e. The highest BCUT2D eigenvalue weighted by molar-refractivity contribution is 5.94. The van der Waals surface area contributed by atoms with Gasteiger partial charge in [-0.1, -0.05) is 6.07 Å². The fourth-order valence-electron chi connectivity index (χ4n) is 5.57. The van der Waals surface area contributed by atoms with E-state index in [0.29, 0.717) is 11.5 Å².